The van der Waals surface area contributed by atoms with Gasteiger partial charge in [-0.2, -0.15) is 4.98 Å². The van der Waals surface area contributed by atoms with E-state index in [0.717, 1.165) is 23.2 Å². The molecule has 0 fully saturated rings. The highest BCUT2D eigenvalue weighted by Crippen LogP contribution is 2.35. The summed E-state index contributed by atoms with van der Waals surface area (Å²) in [6, 6.07) is 14.3. The van der Waals surface area contributed by atoms with Crippen molar-refractivity contribution in [3.8, 4) is 22.2 Å². The fraction of sp³-hybridized carbons (Fsp3) is 0.100. The number of thiazole rings is 1. The number of sulfonamides is 1. The second-order valence-electron chi connectivity index (χ2n) is 6.94. The zero-order valence-corrected chi connectivity index (χ0v) is 18.6. The van der Waals surface area contributed by atoms with Gasteiger partial charge in [0.25, 0.3) is 11.8 Å². The largest absolute Gasteiger partial charge is 0.382 e. The Balaban J connectivity index is 1.56. The molecule has 2 aromatic heterocycles. The lowest BCUT2D eigenvalue weighted by molar-refractivity contribution is 0.102. The first kappa shape index (κ1) is 21.5. The standard InChI is InChI=1S/C20H18N6O4S2/c1-11-5-3-7-13(9-11)18(27)22-14-8-4-6-12(10-14)17-24-19(30-25-17)15-16(21)23-20(31-15)26-32(2,28)29/h3-10H,21H2,1-2H3,(H,22,27)(H,23,26). The molecule has 0 atom stereocenters. The lowest BCUT2D eigenvalue weighted by Gasteiger charge is -2.06. The predicted molar refractivity (Wildman–Crippen MR) is 123 cm³/mol. The van der Waals surface area contributed by atoms with Crippen LogP contribution in [0.5, 0.6) is 0 Å². The minimum Gasteiger partial charge on any atom is -0.382 e. The molecule has 0 aliphatic heterocycles. The van der Waals surface area contributed by atoms with Gasteiger partial charge in [0, 0.05) is 16.8 Å². The zero-order chi connectivity index (χ0) is 22.9. The van der Waals surface area contributed by atoms with Crippen LogP contribution in [0.25, 0.3) is 22.2 Å². The first-order chi connectivity index (χ1) is 15.2. The fourth-order valence-corrected chi connectivity index (χ4v) is 4.49. The Morgan fingerprint density at radius 3 is 2.66 bits per heavy atom. The van der Waals surface area contributed by atoms with Crippen molar-refractivity contribution >= 4 is 43.9 Å². The van der Waals surface area contributed by atoms with Gasteiger partial charge < -0.3 is 15.6 Å². The van der Waals surface area contributed by atoms with E-state index >= 15 is 0 Å². The monoisotopic (exact) mass is 470 g/mol. The zero-order valence-electron chi connectivity index (χ0n) is 17.0. The minimum absolute atomic E-state index is 0.0653. The average Bonchev–Trinajstić information content (AvgIpc) is 3.33. The number of carbonyl (C=O) groups is 1. The molecule has 10 nitrogen and oxygen atoms in total. The van der Waals surface area contributed by atoms with Crippen molar-refractivity contribution in [3.63, 3.8) is 0 Å². The van der Waals surface area contributed by atoms with Gasteiger partial charge in [0.05, 0.1) is 6.26 Å². The number of hydrogen-bond donors (Lipinski definition) is 3. The molecule has 0 unspecified atom stereocenters. The summed E-state index contributed by atoms with van der Waals surface area (Å²) in [7, 11) is -3.50. The maximum Gasteiger partial charge on any atom is 0.272 e. The summed E-state index contributed by atoms with van der Waals surface area (Å²) in [6.45, 7) is 1.92. The van der Waals surface area contributed by atoms with Gasteiger partial charge in [-0.15, -0.1) is 0 Å². The van der Waals surface area contributed by atoms with Crippen LogP contribution in [0.1, 0.15) is 15.9 Å². The number of nitrogens with one attached hydrogen (secondary N) is 2. The van der Waals surface area contributed by atoms with Crippen LogP contribution >= 0.6 is 11.3 Å². The third kappa shape index (κ3) is 4.92. The summed E-state index contributed by atoms with van der Waals surface area (Å²) < 4.78 is 30.4. The Morgan fingerprint density at radius 2 is 1.91 bits per heavy atom. The molecule has 4 N–H and O–H groups in total. The number of aromatic nitrogens is 3. The van der Waals surface area contributed by atoms with Crippen molar-refractivity contribution in [2.75, 3.05) is 22.0 Å². The molecule has 0 saturated heterocycles. The summed E-state index contributed by atoms with van der Waals surface area (Å²) in [6.07, 6.45) is 1.01. The van der Waals surface area contributed by atoms with Crippen LogP contribution in [-0.2, 0) is 10.0 Å². The summed E-state index contributed by atoms with van der Waals surface area (Å²) in [5, 5.41) is 6.91. The van der Waals surface area contributed by atoms with Gasteiger partial charge in [0.1, 0.15) is 10.7 Å². The molecule has 2 aromatic carbocycles. The fourth-order valence-electron chi connectivity index (χ4n) is 2.85. The van der Waals surface area contributed by atoms with Crippen LogP contribution in [0.2, 0.25) is 0 Å². The van der Waals surface area contributed by atoms with E-state index < -0.39 is 10.0 Å². The lowest BCUT2D eigenvalue weighted by atomic mass is 10.1. The Labute approximate surface area is 187 Å². The molecule has 164 valence electrons. The summed E-state index contributed by atoms with van der Waals surface area (Å²) in [5.41, 5.74) is 8.59. The predicted octanol–water partition coefficient (Wildman–Crippen LogP) is 3.37. The Hall–Kier alpha value is -3.77. The van der Waals surface area contributed by atoms with E-state index in [1.807, 2.05) is 19.1 Å². The van der Waals surface area contributed by atoms with E-state index in [9.17, 15) is 13.2 Å². The molecule has 0 aliphatic rings. The number of aryl methyl sites for hydroxylation is 1. The van der Waals surface area contributed by atoms with E-state index in [0.29, 0.717) is 21.7 Å². The number of rotatable bonds is 6. The Kier molecular flexibility index (Phi) is 5.63. The Bertz CT molecular complexity index is 1410. The minimum atomic E-state index is -3.50. The number of nitrogens with two attached hydrogens (primary N) is 1. The highest BCUT2D eigenvalue weighted by atomic mass is 32.2. The van der Waals surface area contributed by atoms with Crippen LogP contribution in [-0.4, -0.2) is 35.7 Å². The summed E-state index contributed by atoms with van der Waals surface area (Å²) >= 11 is 0.979. The van der Waals surface area contributed by atoms with Gasteiger partial charge >= 0.3 is 0 Å². The van der Waals surface area contributed by atoms with Crippen LogP contribution in [0, 0.1) is 6.92 Å². The molecular formula is C20H18N6O4S2. The third-order valence-electron chi connectivity index (χ3n) is 4.21. The smallest absolute Gasteiger partial charge is 0.272 e. The molecule has 0 bridgehead atoms. The van der Waals surface area contributed by atoms with E-state index in [4.69, 9.17) is 10.3 Å². The number of nitrogens with zero attached hydrogens (tertiary/aromatic N) is 3. The second-order valence-corrected chi connectivity index (χ2v) is 9.68. The molecular weight excluding hydrogens is 452 g/mol. The number of amides is 1. The molecule has 1 amide bonds. The van der Waals surface area contributed by atoms with Crippen molar-refractivity contribution in [2.24, 2.45) is 0 Å². The first-order valence-electron chi connectivity index (χ1n) is 9.24. The number of anilines is 3. The third-order valence-corrected chi connectivity index (χ3v) is 5.87. The average molecular weight is 471 g/mol. The van der Waals surface area contributed by atoms with Gasteiger partial charge in [-0.05, 0) is 31.2 Å². The quantitative estimate of drug-likeness (QED) is 0.388. The highest BCUT2D eigenvalue weighted by Gasteiger charge is 2.19. The molecule has 4 rings (SSSR count). The van der Waals surface area contributed by atoms with Gasteiger partial charge in [-0.3, -0.25) is 9.52 Å². The molecule has 2 heterocycles. The Morgan fingerprint density at radius 1 is 1.12 bits per heavy atom. The van der Waals surface area contributed by atoms with Crippen molar-refractivity contribution in [1.29, 1.82) is 0 Å². The normalized spacial score (nSPS) is 11.3. The number of benzene rings is 2. The highest BCUT2D eigenvalue weighted by molar-refractivity contribution is 7.92. The van der Waals surface area contributed by atoms with Crippen LogP contribution in [0.4, 0.5) is 16.6 Å². The van der Waals surface area contributed by atoms with E-state index in [1.54, 1.807) is 36.4 Å². The number of hydrogen-bond acceptors (Lipinski definition) is 9. The molecule has 0 saturated carbocycles. The van der Waals surface area contributed by atoms with Gasteiger partial charge in [-0.1, -0.05) is 46.3 Å². The van der Waals surface area contributed by atoms with E-state index in [1.165, 1.54) is 0 Å². The van der Waals surface area contributed by atoms with Gasteiger partial charge in [0.15, 0.2) is 5.13 Å². The molecule has 4 aromatic rings. The molecule has 0 aliphatic carbocycles. The topological polar surface area (TPSA) is 153 Å². The van der Waals surface area contributed by atoms with Crippen LogP contribution in [0.15, 0.2) is 53.1 Å². The maximum atomic E-state index is 12.5. The summed E-state index contributed by atoms with van der Waals surface area (Å²) in [4.78, 5) is 21.2. The SMILES string of the molecule is Cc1cccc(C(=O)Nc2cccc(-c3noc(-c4sc(NS(C)(=O)=O)nc4N)n3)c2)c1. The van der Waals surface area contributed by atoms with Crippen molar-refractivity contribution in [2.45, 2.75) is 6.92 Å². The number of carbonyl (C=O) groups excluding carboxylic acids is 1. The molecule has 0 spiro atoms. The van der Waals surface area contributed by atoms with Crippen LogP contribution < -0.4 is 15.8 Å². The van der Waals surface area contributed by atoms with Crippen molar-refractivity contribution in [3.05, 3.63) is 59.7 Å². The first-order valence-corrected chi connectivity index (χ1v) is 12.0. The number of nitrogen functional groups attached to an aromatic ring is 1. The summed E-state index contributed by atoms with van der Waals surface area (Å²) in [5.74, 6) is 0.210. The van der Waals surface area contributed by atoms with E-state index in [-0.39, 0.29) is 28.6 Å². The molecule has 0 radical (unpaired) electrons. The van der Waals surface area contributed by atoms with Gasteiger partial charge in [0.2, 0.25) is 15.8 Å². The second kappa shape index (κ2) is 8.40. The van der Waals surface area contributed by atoms with Crippen molar-refractivity contribution < 1.29 is 17.7 Å². The molecule has 32 heavy (non-hydrogen) atoms. The van der Waals surface area contributed by atoms with E-state index in [2.05, 4.69) is 25.2 Å². The lowest BCUT2D eigenvalue weighted by Crippen LogP contribution is -2.11. The van der Waals surface area contributed by atoms with Crippen LogP contribution in [0.3, 0.4) is 0 Å². The van der Waals surface area contributed by atoms with Crippen molar-refractivity contribution in [1.82, 2.24) is 15.1 Å². The maximum absolute atomic E-state index is 12.5. The molecule has 12 heteroatoms. The van der Waals surface area contributed by atoms with Gasteiger partial charge in [-0.25, -0.2) is 13.4 Å².